The monoisotopic (exact) mass is 194 g/mol. The highest BCUT2D eigenvalue weighted by molar-refractivity contribution is 5.37. The third-order valence-electron chi connectivity index (χ3n) is 3.00. The van der Waals surface area contributed by atoms with Gasteiger partial charge in [0.05, 0.1) is 0 Å². The predicted octanol–water partition coefficient (Wildman–Crippen LogP) is 0.594. The number of nitrogens with zero attached hydrogens (tertiary/aromatic N) is 3. The molecule has 1 aliphatic rings. The Bertz CT molecular complexity index is 307. The molecule has 2 unspecified atom stereocenters. The molecule has 1 fully saturated rings. The van der Waals surface area contributed by atoms with Crippen molar-refractivity contribution >= 4 is 5.82 Å². The van der Waals surface area contributed by atoms with E-state index in [1.807, 2.05) is 17.9 Å². The molecule has 14 heavy (non-hydrogen) atoms. The van der Waals surface area contributed by atoms with Crippen LogP contribution in [-0.4, -0.2) is 28.9 Å². The highest BCUT2D eigenvalue weighted by Crippen LogP contribution is 2.20. The molecule has 0 spiro atoms. The van der Waals surface area contributed by atoms with E-state index >= 15 is 0 Å². The van der Waals surface area contributed by atoms with Gasteiger partial charge in [-0.2, -0.15) is 5.10 Å². The van der Waals surface area contributed by atoms with Crippen LogP contribution in [0.3, 0.4) is 0 Å². The van der Waals surface area contributed by atoms with Gasteiger partial charge in [-0.15, -0.1) is 0 Å². The Morgan fingerprint density at radius 2 is 2.36 bits per heavy atom. The number of rotatable bonds is 1. The highest BCUT2D eigenvalue weighted by Gasteiger charge is 2.23. The van der Waals surface area contributed by atoms with E-state index in [9.17, 15) is 0 Å². The van der Waals surface area contributed by atoms with Gasteiger partial charge in [0.2, 0.25) is 0 Å². The molecule has 2 atom stereocenters. The van der Waals surface area contributed by atoms with Crippen LogP contribution in [0, 0.1) is 5.92 Å². The van der Waals surface area contributed by atoms with Gasteiger partial charge in [-0.1, -0.05) is 6.92 Å². The topological polar surface area (TPSA) is 47.1 Å². The number of hydrogen-bond acceptors (Lipinski definition) is 3. The van der Waals surface area contributed by atoms with E-state index in [-0.39, 0.29) is 0 Å². The lowest BCUT2D eigenvalue weighted by Gasteiger charge is -2.35. The minimum Gasteiger partial charge on any atom is -0.355 e. The van der Waals surface area contributed by atoms with Crippen LogP contribution in [0.25, 0.3) is 0 Å². The standard InChI is InChI=1S/C10H18N4/c1-8-7-14(6-3-9(8)11)10-4-5-13(2)12-10/h4-5,8-9H,3,6-7,11H2,1-2H3. The number of piperidine rings is 1. The smallest absolute Gasteiger partial charge is 0.150 e. The van der Waals surface area contributed by atoms with Gasteiger partial charge in [0.15, 0.2) is 5.82 Å². The van der Waals surface area contributed by atoms with Crippen molar-refractivity contribution in [3.05, 3.63) is 12.3 Å². The highest BCUT2D eigenvalue weighted by atomic mass is 15.3. The van der Waals surface area contributed by atoms with Crippen molar-refractivity contribution in [2.24, 2.45) is 18.7 Å². The molecule has 1 aromatic rings. The summed E-state index contributed by atoms with van der Waals surface area (Å²) in [5.74, 6) is 1.64. The van der Waals surface area contributed by atoms with Crippen LogP contribution in [0.1, 0.15) is 13.3 Å². The number of anilines is 1. The van der Waals surface area contributed by atoms with Crippen LogP contribution in [0.15, 0.2) is 12.3 Å². The molecule has 2 heterocycles. The second-order valence-corrected chi connectivity index (χ2v) is 4.22. The molecule has 1 saturated heterocycles. The normalized spacial score (nSPS) is 28.1. The van der Waals surface area contributed by atoms with Crippen LogP contribution < -0.4 is 10.6 Å². The third-order valence-corrected chi connectivity index (χ3v) is 3.00. The van der Waals surface area contributed by atoms with Gasteiger partial charge in [-0.25, -0.2) is 0 Å². The molecule has 4 heteroatoms. The van der Waals surface area contributed by atoms with Crippen LogP contribution in [0.5, 0.6) is 0 Å². The fraction of sp³-hybridized carbons (Fsp3) is 0.700. The molecule has 1 aliphatic heterocycles. The largest absolute Gasteiger partial charge is 0.355 e. The van der Waals surface area contributed by atoms with Crippen molar-refractivity contribution in [3.63, 3.8) is 0 Å². The van der Waals surface area contributed by atoms with Gasteiger partial charge in [0, 0.05) is 38.4 Å². The number of aryl methyl sites for hydroxylation is 1. The minimum absolute atomic E-state index is 0.356. The average molecular weight is 194 g/mol. The van der Waals surface area contributed by atoms with Crippen molar-refractivity contribution in [3.8, 4) is 0 Å². The molecule has 0 saturated carbocycles. The first kappa shape index (κ1) is 9.52. The quantitative estimate of drug-likeness (QED) is 0.712. The van der Waals surface area contributed by atoms with Crippen LogP contribution in [-0.2, 0) is 7.05 Å². The third kappa shape index (κ3) is 1.75. The second kappa shape index (κ2) is 3.61. The van der Waals surface area contributed by atoms with E-state index in [0.29, 0.717) is 12.0 Å². The Labute approximate surface area is 84.7 Å². The van der Waals surface area contributed by atoms with Gasteiger partial charge < -0.3 is 10.6 Å². The van der Waals surface area contributed by atoms with E-state index in [0.717, 1.165) is 25.3 Å². The Balaban J connectivity index is 2.06. The maximum atomic E-state index is 5.97. The summed E-state index contributed by atoms with van der Waals surface area (Å²) in [6.07, 6.45) is 3.05. The maximum Gasteiger partial charge on any atom is 0.150 e. The zero-order chi connectivity index (χ0) is 10.1. The van der Waals surface area contributed by atoms with Crippen molar-refractivity contribution < 1.29 is 0 Å². The Morgan fingerprint density at radius 3 is 2.93 bits per heavy atom. The first-order valence-electron chi connectivity index (χ1n) is 5.17. The lowest BCUT2D eigenvalue weighted by molar-refractivity contribution is 0.381. The minimum atomic E-state index is 0.356. The zero-order valence-electron chi connectivity index (χ0n) is 8.85. The Hall–Kier alpha value is -1.03. The zero-order valence-corrected chi connectivity index (χ0v) is 8.85. The fourth-order valence-electron chi connectivity index (χ4n) is 1.94. The van der Waals surface area contributed by atoms with Gasteiger partial charge >= 0.3 is 0 Å². The summed E-state index contributed by atoms with van der Waals surface area (Å²) in [5.41, 5.74) is 5.97. The van der Waals surface area contributed by atoms with E-state index < -0.39 is 0 Å². The summed E-state index contributed by atoms with van der Waals surface area (Å²) in [7, 11) is 1.95. The number of nitrogens with two attached hydrogens (primary N) is 1. The molecule has 0 aliphatic carbocycles. The summed E-state index contributed by atoms with van der Waals surface area (Å²) in [5, 5.41) is 4.40. The summed E-state index contributed by atoms with van der Waals surface area (Å²) in [4.78, 5) is 2.31. The maximum absolute atomic E-state index is 5.97. The Morgan fingerprint density at radius 1 is 1.57 bits per heavy atom. The van der Waals surface area contributed by atoms with Crippen LogP contribution >= 0.6 is 0 Å². The molecular formula is C10H18N4. The predicted molar refractivity (Wildman–Crippen MR) is 57.2 cm³/mol. The molecule has 2 N–H and O–H groups in total. The average Bonchev–Trinajstić information content (AvgIpc) is 2.57. The molecule has 78 valence electrons. The van der Waals surface area contributed by atoms with Crippen LogP contribution in [0.4, 0.5) is 5.82 Å². The molecule has 0 bridgehead atoms. The van der Waals surface area contributed by atoms with Crippen molar-refractivity contribution in [1.82, 2.24) is 9.78 Å². The molecule has 2 rings (SSSR count). The summed E-state index contributed by atoms with van der Waals surface area (Å²) in [6, 6.07) is 2.42. The molecular weight excluding hydrogens is 176 g/mol. The van der Waals surface area contributed by atoms with E-state index in [2.05, 4.69) is 23.0 Å². The molecule has 4 nitrogen and oxygen atoms in total. The van der Waals surface area contributed by atoms with Gasteiger partial charge in [-0.05, 0) is 12.3 Å². The Kier molecular flexibility index (Phi) is 2.46. The van der Waals surface area contributed by atoms with Gasteiger partial charge in [-0.3, -0.25) is 4.68 Å². The summed E-state index contributed by atoms with van der Waals surface area (Å²) in [6.45, 7) is 4.26. The second-order valence-electron chi connectivity index (χ2n) is 4.22. The molecule has 0 amide bonds. The SMILES string of the molecule is CC1CN(c2ccn(C)n2)CCC1N. The van der Waals surface area contributed by atoms with E-state index in [4.69, 9.17) is 5.73 Å². The first-order chi connectivity index (χ1) is 6.66. The first-order valence-corrected chi connectivity index (χ1v) is 5.17. The molecule has 0 aromatic carbocycles. The van der Waals surface area contributed by atoms with Gasteiger partial charge in [0.25, 0.3) is 0 Å². The van der Waals surface area contributed by atoms with Crippen molar-refractivity contribution in [2.75, 3.05) is 18.0 Å². The van der Waals surface area contributed by atoms with Crippen molar-refractivity contribution in [1.29, 1.82) is 0 Å². The number of aromatic nitrogens is 2. The van der Waals surface area contributed by atoms with Crippen molar-refractivity contribution in [2.45, 2.75) is 19.4 Å². The number of hydrogen-bond donors (Lipinski definition) is 1. The van der Waals surface area contributed by atoms with Crippen LogP contribution in [0.2, 0.25) is 0 Å². The van der Waals surface area contributed by atoms with E-state index in [1.54, 1.807) is 0 Å². The molecule has 0 radical (unpaired) electrons. The fourth-order valence-corrected chi connectivity index (χ4v) is 1.94. The molecule has 1 aromatic heterocycles. The summed E-state index contributed by atoms with van der Waals surface area (Å²) < 4.78 is 1.84. The summed E-state index contributed by atoms with van der Waals surface area (Å²) >= 11 is 0. The van der Waals surface area contributed by atoms with Gasteiger partial charge in [0.1, 0.15) is 0 Å². The lowest BCUT2D eigenvalue weighted by Crippen LogP contribution is -2.46. The lowest BCUT2D eigenvalue weighted by atomic mass is 9.95. The van der Waals surface area contributed by atoms with E-state index in [1.165, 1.54) is 0 Å².